The van der Waals surface area contributed by atoms with Crippen molar-refractivity contribution in [3.05, 3.63) is 24.5 Å². The highest BCUT2D eigenvalue weighted by molar-refractivity contribution is 5.99. The average Bonchev–Trinajstić information content (AvgIpc) is 2.68. The van der Waals surface area contributed by atoms with Gasteiger partial charge in [-0.25, -0.2) is 9.97 Å². The van der Waals surface area contributed by atoms with Gasteiger partial charge in [-0.05, 0) is 31.4 Å². The first-order chi connectivity index (χ1) is 8.66. The Morgan fingerprint density at radius 2 is 2.11 bits per heavy atom. The summed E-state index contributed by atoms with van der Waals surface area (Å²) in [6, 6.07) is 6.70. The van der Waals surface area contributed by atoms with Gasteiger partial charge in [0.25, 0.3) is 0 Å². The Kier molecular flexibility index (Phi) is 2.58. The van der Waals surface area contributed by atoms with Crippen molar-refractivity contribution in [2.45, 2.75) is 26.3 Å². The molecule has 1 saturated heterocycles. The Hall–Kier alpha value is -1.84. The fraction of sp³-hybridized carbons (Fsp3) is 0.429. The molecular weight excluding hydrogens is 224 g/mol. The van der Waals surface area contributed by atoms with E-state index in [2.05, 4.69) is 34.8 Å². The number of benzene rings is 1. The third kappa shape index (κ3) is 1.68. The van der Waals surface area contributed by atoms with Gasteiger partial charge in [0, 0.05) is 12.6 Å². The van der Waals surface area contributed by atoms with Gasteiger partial charge in [0.05, 0.1) is 16.6 Å². The molecule has 2 N–H and O–H groups in total. The van der Waals surface area contributed by atoms with E-state index < -0.39 is 0 Å². The lowest BCUT2D eigenvalue weighted by Crippen LogP contribution is -2.27. The van der Waals surface area contributed by atoms with Crippen molar-refractivity contribution in [1.82, 2.24) is 9.97 Å². The van der Waals surface area contributed by atoms with E-state index in [9.17, 15) is 0 Å². The van der Waals surface area contributed by atoms with Crippen molar-refractivity contribution < 1.29 is 0 Å². The second kappa shape index (κ2) is 4.12. The highest BCUT2D eigenvalue weighted by Crippen LogP contribution is 2.35. The van der Waals surface area contributed by atoms with Gasteiger partial charge in [0.2, 0.25) is 0 Å². The quantitative estimate of drug-likeness (QED) is 0.834. The fourth-order valence-corrected chi connectivity index (χ4v) is 2.99. The van der Waals surface area contributed by atoms with Crippen molar-refractivity contribution in [3.63, 3.8) is 0 Å². The van der Waals surface area contributed by atoms with Crippen LogP contribution in [0, 0.1) is 5.92 Å². The van der Waals surface area contributed by atoms with E-state index in [1.54, 1.807) is 0 Å². The van der Waals surface area contributed by atoms with E-state index in [0.29, 0.717) is 11.9 Å². The van der Waals surface area contributed by atoms with Crippen LogP contribution in [0.2, 0.25) is 0 Å². The minimum atomic E-state index is 0.546. The summed E-state index contributed by atoms with van der Waals surface area (Å²) in [7, 11) is 0. The Morgan fingerprint density at radius 3 is 2.83 bits per heavy atom. The number of hydrogen-bond acceptors (Lipinski definition) is 4. The molecule has 1 aliphatic heterocycles. The van der Waals surface area contributed by atoms with E-state index in [1.807, 2.05) is 12.1 Å². The molecule has 0 radical (unpaired) electrons. The van der Waals surface area contributed by atoms with Crippen LogP contribution in [-0.4, -0.2) is 22.6 Å². The lowest BCUT2D eigenvalue weighted by Gasteiger charge is -2.25. The predicted molar refractivity (Wildman–Crippen MR) is 74.5 cm³/mol. The molecule has 1 fully saturated rings. The lowest BCUT2D eigenvalue weighted by molar-refractivity contribution is 0.625. The zero-order valence-electron chi connectivity index (χ0n) is 10.8. The van der Waals surface area contributed by atoms with E-state index in [1.165, 1.54) is 18.4 Å². The number of hydrogen-bond donors (Lipinski definition) is 1. The SMILES string of the molecule is CC1CC(C)N(c2cccc3ncnc(N)c23)C1. The summed E-state index contributed by atoms with van der Waals surface area (Å²) in [6.45, 7) is 5.64. The molecule has 0 spiro atoms. The van der Waals surface area contributed by atoms with Gasteiger partial charge in [-0.2, -0.15) is 0 Å². The fourth-order valence-electron chi connectivity index (χ4n) is 2.99. The molecule has 1 aromatic heterocycles. The summed E-state index contributed by atoms with van der Waals surface area (Å²) in [5.74, 6) is 1.29. The van der Waals surface area contributed by atoms with E-state index >= 15 is 0 Å². The summed E-state index contributed by atoms with van der Waals surface area (Å²) in [4.78, 5) is 10.8. The second-order valence-electron chi connectivity index (χ2n) is 5.27. The summed E-state index contributed by atoms with van der Waals surface area (Å²) in [5.41, 5.74) is 8.12. The Morgan fingerprint density at radius 1 is 1.28 bits per heavy atom. The normalized spacial score (nSPS) is 23.8. The van der Waals surface area contributed by atoms with Gasteiger partial charge in [-0.15, -0.1) is 0 Å². The molecule has 2 aromatic rings. The molecule has 0 bridgehead atoms. The maximum absolute atomic E-state index is 6.03. The zero-order chi connectivity index (χ0) is 12.7. The largest absolute Gasteiger partial charge is 0.383 e. The van der Waals surface area contributed by atoms with Crippen LogP contribution < -0.4 is 10.6 Å². The molecule has 0 amide bonds. The molecule has 2 atom stereocenters. The van der Waals surface area contributed by atoms with Crippen LogP contribution in [0.3, 0.4) is 0 Å². The monoisotopic (exact) mass is 242 g/mol. The summed E-state index contributed by atoms with van der Waals surface area (Å²) < 4.78 is 0. The number of aromatic nitrogens is 2. The topological polar surface area (TPSA) is 55.0 Å². The molecule has 2 unspecified atom stereocenters. The Labute approximate surface area is 107 Å². The third-order valence-corrected chi connectivity index (χ3v) is 3.76. The highest BCUT2D eigenvalue weighted by Gasteiger charge is 2.27. The summed E-state index contributed by atoms with van der Waals surface area (Å²) in [5, 5.41) is 0.987. The first-order valence-electron chi connectivity index (χ1n) is 6.42. The van der Waals surface area contributed by atoms with Gasteiger partial charge < -0.3 is 10.6 Å². The lowest BCUT2D eigenvalue weighted by atomic mass is 10.1. The zero-order valence-corrected chi connectivity index (χ0v) is 10.8. The summed E-state index contributed by atoms with van der Waals surface area (Å²) in [6.07, 6.45) is 2.75. The van der Waals surface area contributed by atoms with Crippen molar-refractivity contribution in [2.75, 3.05) is 17.2 Å². The third-order valence-electron chi connectivity index (χ3n) is 3.76. The minimum Gasteiger partial charge on any atom is -0.383 e. The van der Waals surface area contributed by atoms with Crippen molar-refractivity contribution in [3.8, 4) is 0 Å². The smallest absolute Gasteiger partial charge is 0.136 e. The van der Waals surface area contributed by atoms with E-state index in [-0.39, 0.29) is 0 Å². The van der Waals surface area contributed by atoms with Crippen LogP contribution in [0.5, 0.6) is 0 Å². The number of fused-ring (bicyclic) bond motifs is 1. The van der Waals surface area contributed by atoms with E-state index in [0.717, 1.165) is 23.4 Å². The highest BCUT2D eigenvalue weighted by atomic mass is 15.2. The Balaban J connectivity index is 2.17. The molecule has 0 aliphatic carbocycles. The maximum atomic E-state index is 6.03. The van der Waals surface area contributed by atoms with Crippen molar-refractivity contribution >= 4 is 22.4 Å². The second-order valence-corrected chi connectivity index (χ2v) is 5.27. The van der Waals surface area contributed by atoms with Crippen LogP contribution in [0.25, 0.3) is 10.9 Å². The standard InChI is InChI=1S/C14H18N4/c1-9-6-10(2)18(7-9)12-5-3-4-11-13(12)14(15)17-8-16-11/h3-5,8-10H,6-7H2,1-2H3,(H2,15,16,17). The summed E-state index contributed by atoms with van der Waals surface area (Å²) >= 11 is 0. The minimum absolute atomic E-state index is 0.546. The first kappa shape index (κ1) is 11.3. The molecule has 4 nitrogen and oxygen atoms in total. The van der Waals surface area contributed by atoms with Gasteiger partial charge in [0.15, 0.2) is 0 Å². The molecular formula is C14H18N4. The molecule has 18 heavy (non-hydrogen) atoms. The molecule has 2 heterocycles. The van der Waals surface area contributed by atoms with Crippen LogP contribution in [0.1, 0.15) is 20.3 Å². The van der Waals surface area contributed by atoms with Gasteiger partial charge in [-0.1, -0.05) is 13.0 Å². The molecule has 0 saturated carbocycles. The van der Waals surface area contributed by atoms with Crippen LogP contribution in [0.4, 0.5) is 11.5 Å². The maximum Gasteiger partial charge on any atom is 0.136 e. The number of rotatable bonds is 1. The van der Waals surface area contributed by atoms with E-state index in [4.69, 9.17) is 5.73 Å². The molecule has 94 valence electrons. The van der Waals surface area contributed by atoms with Gasteiger partial charge in [-0.3, -0.25) is 0 Å². The number of nitrogens with zero attached hydrogens (tertiary/aromatic N) is 3. The molecule has 3 rings (SSSR count). The molecule has 1 aliphatic rings. The predicted octanol–water partition coefficient (Wildman–Crippen LogP) is 2.45. The molecule has 1 aromatic carbocycles. The van der Waals surface area contributed by atoms with Crippen molar-refractivity contribution in [2.24, 2.45) is 5.92 Å². The number of anilines is 2. The number of nitrogen functional groups attached to an aromatic ring is 1. The van der Waals surface area contributed by atoms with Crippen LogP contribution in [0.15, 0.2) is 24.5 Å². The van der Waals surface area contributed by atoms with Gasteiger partial charge >= 0.3 is 0 Å². The van der Waals surface area contributed by atoms with Crippen molar-refractivity contribution in [1.29, 1.82) is 0 Å². The first-order valence-corrected chi connectivity index (χ1v) is 6.42. The van der Waals surface area contributed by atoms with Gasteiger partial charge in [0.1, 0.15) is 12.1 Å². The van der Waals surface area contributed by atoms with Crippen LogP contribution in [-0.2, 0) is 0 Å². The number of nitrogens with two attached hydrogens (primary N) is 1. The molecule has 4 heteroatoms. The average molecular weight is 242 g/mol. The van der Waals surface area contributed by atoms with Crippen LogP contribution >= 0.6 is 0 Å². The Bertz CT molecular complexity index is 576.